The lowest BCUT2D eigenvalue weighted by atomic mass is 10.0. The van der Waals surface area contributed by atoms with Crippen LogP contribution in [0.2, 0.25) is 5.02 Å². The molecule has 31 heavy (non-hydrogen) atoms. The maximum atomic E-state index is 12.9. The molecule has 0 atom stereocenters. The third kappa shape index (κ3) is 6.33. The number of hydrogen-bond donors (Lipinski definition) is 1. The summed E-state index contributed by atoms with van der Waals surface area (Å²) in [7, 11) is 0. The molecule has 0 saturated carbocycles. The number of benzene rings is 2. The molecule has 1 heterocycles. The van der Waals surface area contributed by atoms with Crippen molar-refractivity contribution in [2.75, 3.05) is 0 Å². The Morgan fingerprint density at radius 3 is 2.48 bits per heavy atom. The molecular weight excluding hydrogens is 431 g/mol. The summed E-state index contributed by atoms with van der Waals surface area (Å²) in [5, 5.41) is 0.519. The van der Waals surface area contributed by atoms with E-state index in [1.807, 2.05) is 0 Å². The Morgan fingerprint density at radius 1 is 1.06 bits per heavy atom. The number of hydrogen-bond acceptors (Lipinski definition) is 3. The number of ether oxygens (including phenoxy) is 1. The van der Waals surface area contributed by atoms with Gasteiger partial charge in [-0.2, -0.15) is 13.2 Å². The number of carbonyl (C=O) groups excluding carboxylic acids is 1. The molecule has 0 aliphatic carbocycles. The smallest absolute Gasteiger partial charge is 0.416 e. The van der Waals surface area contributed by atoms with E-state index >= 15 is 0 Å². The predicted octanol–water partition coefficient (Wildman–Crippen LogP) is 5.42. The standard InChI is InChI=1S/C23H17ClF3NO3/c24-20-8-6-15(7-9-20)11-18(13-17-4-2-10-28-21(17)29)22(30)31-14-16-3-1-5-19(12-16)23(25,26)27/h1-12H,13-14H2,(H,28,29). The second-order valence-electron chi connectivity index (χ2n) is 6.70. The van der Waals surface area contributed by atoms with E-state index < -0.39 is 17.7 Å². The minimum Gasteiger partial charge on any atom is -0.457 e. The van der Waals surface area contributed by atoms with Crippen LogP contribution in [0.5, 0.6) is 0 Å². The fourth-order valence-electron chi connectivity index (χ4n) is 2.82. The number of aromatic nitrogens is 1. The summed E-state index contributed by atoms with van der Waals surface area (Å²) in [4.78, 5) is 27.3. The summed E-state index contributed by atoms with van der Waals surface area (Å²) in [5.74, 6) is -0.740. The average Bonchev–Trinajstić information content (AvgIpc) is 2.74. The summed E-state index contributed by atoms with van der Waals surface area (Å²) in [6.07, 6.45) is -1.48. The van der Waals surface area contributed by atoms with Crippen LogP contribution in [0.3, 0.4) is 0 Å². The summed E-state index contributed by atoms with van der Waals surface area (Å²) in [6.45, 7) is -0.341. The Hall–Kier alpha value is -3.32. The van der Waals surface area contributed by atoms with Crippen LogP contribution < -0.4 is 5.56 Å². The number of nitrogens with one attached hydrogen (secondary N) is 1. The first-order valence-electron chi connectivity index (χ1n) is 9.18. The van der Waals surface area contributed by atoms with Gasteiger partial charge in [-0.15, -0.1) is 0 Å². The average molecular weight is 448 g/mol. The zero-order valence-corrected chi connectivity index (χ0v) is 16.8. The van der Waals surface area contributed by atoms with Crippen LogP contribution in [-0.4, -0.2) is 11.0 Å². The van der Waals surface area contributed by atoms with Gasteiger partial charge in [-0.05, 0) is 47.5 Å². The first kappa shape index (κ1) is 22.4. The maximum absolute atomic E-state index is 12.9. The molecule has 0 bridgehead atoms. The van der Waals surface area contributed by atoms with Crippen LogP contribution in [-0.2, 0) is 28.7 Å². The summed E-state index contributed by atoms with van der Waals surface area (Å²) >= 11 is 5.89. The SMILES string of the molecule is O=C(OCc1cccc(C(F)(F)F)c1)C(=Cc1ccc(Cl)cc1)Cc1ccc[nH]c1=O. The fourth-order valence-corrected chi connectivity index (χ4v) is 2.95. The van der Waals surface area contributed by atoms with Gasteiger partial charge in [-0.3, -0.25) is 4.79 Å². The number of H-pyrrole nitrogens is 1. The highest BCUT2D eigenvalue weighted by Crippen LogP contribution is 2.29. The third-order valence-corrected chi connectivity index (χ3v) is 4.63. The van der Waals surface area contributed by atoms with Gasteiger partial charge < -0.3 is 9.72 Å². The molecule has 0 amide bonds. The summed E-state index contributed by atoms with van der Waals surface area (Å²) in [5.41, 5.74) is 0.197. The lowest BCUT2D eigenvalue weighted by Gasteiger charge is -2.11. The Bertz CT molecular complexity index is 1150. The van der Waals surface area contributed by atoms with Gasteiger partial charge in [0.2, 0.25) is 0 Å². The molecule has 8 heteroatoms. The van der Waals surface area contributed by atoms with Gasteiger partial charge in [0.1, 0.15) is 6.61 Å². The quantitative estimate of drug-likeness (QED) is 0.405. The van der Waals surface area contributed by atoms with Crippen LogP contribution in [0.25, 0.3) is 6.08 Å². The lowest BCUT2D eigenvalue weighted by Crippen LogP contribution is -2.16. The zero-order valence-electron chi connectivity index (χ0n) is 16.1. The second kappa shape index (κ2) is 9.66. The highest BCUT2D eigenvalue weighted by molar-refractivity contribution is 6.30. The molecule has 1 aromatic heterocycles. The Balaban J connectivity index is 1.83. The second-order valence-corrected chi connectivity index (χ2v) is 7.13. The Morgan fingerprint density at radius 2 is 1.81 bits per heavy atom. The van der Waals surface area contributed by atoms with Crippen molar-refractivity contribution in [3.05, 3.63) is 110 Å². The zero-order chi connectivity index (χ0) is 22.4. The first-order valence-corrected chi connectivity index (χ1v) is 9.56. The predicted molar refractivity (Wildman–Crippen MR) is 111 cm³/mol. The molecule has 3 rings (SSSR count). The molecule has 0 fully saturated rings. The van der Waals surface area contributed by atoms with Crippen LogP contribution in [0.4, 0.5) is 13.2 Å². The largest absolute Gasteiger partial charge is 0.457 e. The van der Waals surface area contributed by atoms with Gasteiger partial charge in [0.05, 0.1) is 5.56 Å². The fraction of sp³-hybridized carbons (Fsp3) is 0.130. The van der Waals surface area contributed by atoms with E-state index in [9.17, 15) is 22.8 Å². The van der Waals surface area contributed by atoms with Crippen molar-refractivity contribution >= 4 is 23.6 Å². The molecule has 0 aliphatic rings. The number of halogens is 4. The van der Waals surface area contributed by atoms with Crippen molar-refractivity contribution in [2.24, 2.45) is 0 Å². The van der Waals surface area contributed by atoms with Gasteiger partial charge >= 0.3 is 12.1 Å². The first-order chi connectivity index (χ1) is 14.7. The van der Waals surface area contributed by atoms with E-state index in [4.69, 9.17) is 16.3 Å². The Kier molecular flexibility index (Phi) is 6.97. The Labute approximate surface area is 181 Å². The van der Waals surface area contributed by atoms with Crippen LogP contribution in [0, 0.1) is 0 Å². The number of rotatable bonds is 6. The minimum absolute atomic E-state index is 0.0137. The number of pyridine rings is 1. The van der Waals surface area contributed by atoms with Crippen molar-refractivity contribution in [1.82, 2.24) is 4.98 Å². The minimum atomic E-state index is -4.49. The summed E-state index contributed by atoms with van der Waals surface area (Å²) in [6, 6.07) is 14.4. The molecule has 3 aromatic rings. The van der Waals surface area contributed by atoms with E-state index in [1.165, 1.54) is 18.3 Å². The van der Waals surface area contributed by atoms with E-state index in [0.29, 0.717) is 16.1 Å². The third-order valence-electron chi connectivity index (χ3n) is 4.38. The molecule has 1 N–H and O–H groups in total. The van der Waals surface area contributed by atoms with Gasteiger partial charge in [0.15, 0.2) is 0 Å². The number of carbonyl (C=O) groups is 1. The van der Waals surface area contributed by atoms with E-state index in [2.05, 4.69) is 4.98 Å². The summed E-state index contributed by atoms with van der Waals surface area (Å²) < 4.78 is 43.9. The van der Waals surface area contributed by atoms with E-state index in [1.54, 1.807) is 42.5 Å². The molecule has 0 aliphatic heterocycles. The molecular formula is C23H17ClF3NO3. The topological polar surface area (TPSA) is 59.2 Å². The van der Waals surface area contributed by atoms with Crippen LogP contribution in [0.1, 0.15) is 22.3 Å². The number of alkyl halides is 3. The van der Waals surface area contributed by atoms with Gasteiger partial charge in [-0.1, -0.05) is 41.9 Å². The van der Waals surface area contributed by atoms with Gasteiger partial charge in [-0.25, -0.2) is 4.79 Å². The lowest BCUT2D eigenvalue weighted by molar-refractivity contribution is -0.140. The molecule has 0 saturated heterocycles. The maximum Gasteiger partial charge on any atom is 0.416 e. The van der Waals surface area contributed by atoms with Gasteiger partial charge in [0.25, 0.3) is 5.56 Å². The van der Waals surface area contributed by atoms with Crippen LogP contribution in [0.15, 0.2) is 77.2 Å². The molecule has 0 spiro atoms. The monoisotopic (exact) mass is 447 g/mol. The van der Waals surface area contributed by atoms with E-state index in [-0.39, 0.29) is 29.7 Å². The molecule has 160 valence electrons. The molecule has 0 unspecified atom stereocenters. The van der Waals surface area contributed by atoms with Crippen LogP contribution >= 0.6 is 11.6 Å². The van der Waals surface area contributed by atoms with Crippen molar-refractivity contribution in [3.63, 3.8) is 0 Å². The highest BCUT2D eigenvalue weighted by atomic mass is 35.5. The molecule has 0 radical (unpaired) electrons. The number of aromatic amines is 1. The highest BCUT2D eigenvalue weighted by Gasteiger charge is 2.30. The number of esters is 1. The van der Waals surface area contributed by atoms with Crippen molar-refractivity contribution in [1.29, 1.82) is 0 Å². The molecule has 4 nitrogen and oxygen atoms in total. The van der Waals surface area contributed by atoms with Gasteiger partial charge in [0, 0.05) is 28.8 Å². The van der Waals surface area contributed by atoms with Crippen molar-refractivity contribution in [2.45, 2.75) is 19.2 Å². The van der Waals surface area contributed by atoms with Crippen molar-refractivity contribution < 1.29 is 22.7 Å². The van der Waals surface area contributed by atoms with Crippen molar-refractivity contribution in [3.8, 4) is 0 Å². The van der Waals surface area contributed by atoms with E-state index in [0.717, 1.165) is 12.1 Å². The normalized spacial score (nSPS) is 11.9. The molecule has 2 aromatic carbocycles.